The second-order valence-electron chi connectivity index (χ2n) is 5.90. The molecule has 1 aliphatic rings. The summed E-state index contributed by atoms with van der Waals surface area (Å²) >= 11 is 0. The van der Waals surface area contributed by atoms with Gasteiger partial charge in [0.2, 0.25) is 0 Å². The number of nitrogens with one attached hydrogen (secondary N) is 1. The highest BCUT2D eigenvalue weighted by Crippen LogP contribution is 2.38. The van der Waals surface area contributed by atoms with Crippen LogP contribution in [0.2, 0.25) is 0 Å². The van der Waals surface area contributed by atoms with Crippen molar-refractivity contribution in [3.63, 3.8) is 0 Å². The highest BCUT2D eigenvalue weighted by molar-refractivity contribution is 5.91. The molecule has 6 heteroatoms. The van der Waals surface area contributed by atoms with E-state index in [9.17, 15) is 0 Å². The van der Waals surface area contributed by atoms with Gasteiger partial charge in [-0.1, -0.05) is 12.8 Å². The number of nitrogens with zero attached hydrogens (tertiary/aromatic N) is 5. The summed E-state index contributed by atoms with van der Waals surface area (Å²) in [6.45, 7) is 0. The number of hydrogen-bond acceptors (Lipinski definition) is 4. The summed E-state index contributed by atoms with van der Waals surface area (Å²) in [5.74, 6) is 0.768. The Kier molecular flexibility index (Phi) is 3.11. The Hall–Kier alpha value is -2.68. The van der Waals surface area contributed by atoms with Gasteiger partial charge in [0, 0.05) is 28.9 Å². The van der Waals surface area contributed by atoms with E-state index >= 15 is 0 Å². The molecule has 3 aromatic heterocycles. The second-order valence-corrected chi connectivity index (χ2v) is 5.90. The third kappa shape index (κ3) is 2.35. The summed E-state index contributed by atoms with van der Waals surface area (Å²) in [5, 5.41) is 22.7. The Bertz CT molecular complexity index is 836. The number of fused-ring (bicyclic) bond motifs is 1. The van der Waals surface area contributed by atoms with Crippen molar-refractivity contribution in [1.82, 2.24) is 25.0 Å². The van der Waals surface area contributed by atoms with Crippen molar-refractivity contribution >= 4 is 11.0 Å². The van der Waals surface area contributed by atoms with Gasteiger partial charge in [-0.15, -0.1) is 5.10 Å². The normalized spacial score (nSPS) is 15.8. The molecule has 110 valence electrons. The van der Waals surface area contributed by atoms with E-state index in [1.54, 1.807) is 6.20 Å². The van der Waals surface area contributed by atoms with Gasteiger partial charge in [-0.05, 0) is 18.4 Å². The standard InChI is InChI=1S/C16H16N6/c17-5-3-13(7-11-1-2-11)22-10-12(8-20-22)15-9-19-21-16-14(15)4-6-18-16/h4,6,8-11,13H,1-3,7H2,(H,18,21)/t13-/m1/s1. The molecule has 1 aliphatic carbocycles. The minimum Gasteiger partial charge on any atom is -0.345 e. The highest BCUT2D eigenvalue weighted by Gasteiger charge is 2.26. The average molecular weight is 292 g/mol. The molecular formula is C16H16N6. The summed E-state index contributed by atoms with van der Waals surface area (Å²) < 4.78 is 1.94. The monoisotopic (exact) mass is 292 g/mol. The molecule has 0 bridgehead atoms. The third-order valence-corrected chi connectivity index (χ3v) is 4.28. The van der Waals surface area contributed by atoms with E-state index < -0.39 is 0 Å². The van der Waals surface area contributed by atoms with E-state index in [0.29, 0.717) is 6.42 Å². The number of aromatic nitrogens is 5. The fourth-order valence-electron chi connectivity index (χ4n) is 2.91. The van der Waals surface area contributed by atoms with Crippen LogP contribution in [0.1, 0.15) is 31.7 Å². The summed E-state index contributed by atoms with van der Waals surface area (Å²) in [6, 6.07) is 4.45. The number of hydrogen-bond donors (Lipinski definition) is 1. The lowest BCUT2D eigenvalue weighted by molar-refractivity contribution is 0.411. The molecule has 1 saturated carbocycles. The summed E-state index contributed by atoms with van der Waals surface area (Å²) in [4.78, 5) is 3.07. The van der Waals surface area contributed by atoms with Crippen molar-refractivity contribution in [1.29, 1.82) is 5.26 Å². The molecule has 0 saturated heterocycles. The lowest BCUT2D eigenvalue weighted by Gasteiger charge is -2.13. The van der Waals surface area contributed by atoms with Gasteiger partial charge >= 0.3 is 0 Å². The number of rotatable bonds is 5. The largest absolute Gasteiger partial charge is 0.345 e. The topological polar surface area (TPSA) is 83.2 Å². The first-order chi connectivity index (χ1) is 10.8. The summed E-state index contributed by atoms with van der Waals surface area (Å²) in [5.41, 5.74) is 2.80. The van der Waals surface area contributed by atoms with Gasteiger partial charge < -0.3 is 4.98 Å². The van der Waals surface area contributed by atoms with Gasteiger partial charge in [0.25, 0.3) is 0 Å². The zero-order valence-corrected chi connectivity index (χ0v) is 12.1. The van der Waals surface area contributed by atoms with Crippen LogP contribution in [0.25, 0.3) is 22.2 Å². The van der Waals surface area contributed by atoms with Crippen LogP contribution in [0.4, 0.5) is 0 Å². The van der Waals surface area contributed by atoms with Gasteiger partial charge in [-0.3, -0.25) is 4.68 Å². The molecule has 4 rings (SSSR count). The van der Waals surface area contributed by atoms with Gasteiger partial charge in [0.1, 0.15) is 0 Å². The van der Waals surface area contributed by atoms with Crippen LogP contribution in [0.5, 0.6) is 0 Å². The first-order valence-electron chi connectivity index (χ1n) is 7.55. The van der Waals surface area contributed by atoms with E-state index in [-0.39, 0.29) is 6.04 Å². The molecular weight excluding hydrogens is 276 g/mol. The molecule has 0 unspecified atom stereocenters. The maximum absolute atomic E-state index is 9.06. The molecule has 1 N–H and O–H groups in total. The smallest absolute Gasteiger partial charge is 0.160 e. The van der Waals surface area contributed by atoms with Crippen molar-refractivity contribution in [3.8, 4) is 17.2 Å². The Balaban J connectivity index is 1.68. The minimum absolute atomic E-state index is 0.169. The first-order valence-corrected chi connectivity index (χ1v) is 7.55. The zero-order valence-electron chi connectivity index (χ0n) is 12.1. The molecule has 1 atom stereocenters. The quantitative estimate of drug-likeness (QED) is 0.783. The Morgan fingerprint density at radius 3 is 3.14 bits per heavy atom. The molecule has 0 aromatic carbocycles. The predicted octanol–water partition coefficient (Wildman–Crippen LogP) is 3.08. The van der Waals surface area contributed by atoms with E-state index in [2.05, 4.69) is 26.3 Å². The summed E-state index contributed by atoms with van der Waals surface area (Å²) in [7, 11) is 0. The van der Waals surface area contributed by atoms with Gasteiger partial charge in [-0.25, -0.2) is 0 Å². The van der Waals surface area contributed by atoms with Crippen LogP contribution in [0.3, 0.4) is 0 Å². The zero-order chi connectivity index (χ0) is 14.9. The van der Waals surface area contributed by atoms with Crippen LogP contribution < -0.4 is 0 Å². The lowest BCUT2D eigenvalue weighted by Crippen LogP contribution is -2.09. The molecule has 3 aromatic rings. The summed E-state index contributed by atoms with van der Waals surface area (Å²) in [6.07, 6.45) is 11.6. The molecule has 6 nitrogen and oxygen atoms in total. The third-order valence-electron chi connectivity index (χ3n) is 4.28. The van der Waals surface area contributed by atoms with Gasteiger partial charge in [0.05, 0.1) is 30.9 Å². The molecule has 22 heavy (non-hydrogen) atoms. The maximum Gasteiger partial charge on any atom is 0.160 e. The fourth-order valence-corrected chi connectivity index (χ4v) is 2.91. The van der Waals surface area contributed by atoms with Crippen molar-refractivity contribution in [3.05, 3.63) is 30.9 Å². The number of nitriles is 1. The van der Waals surface area contributed by atoms with Crippen molar-refractivity contribution in [2.45, 2.75) is 31.7 Å². The van der Waals surface area contributed by atoms with Crippen LogP contribution in [-0.2, 0) is 0 Å². The Morgan fingerprint density at radius 1 is 1.41 bits per heavy atom. The molecule has 0 amide bonds. The van der Waals surface area contributed by atoms with Crippen LogP contribution in [0.15, 0.2) is 30.9 Å². The molecule has 3 heterocycles. The van der Waals surface area contributed by atoms with E-state index in [4.69, 9.17) is 5.26 Å². The SMILES string of the molecule is N#CC[C@H](CC1CC1)n1cc(-c2cnnc3[nH]ccc23)cn1. The second kappa shape index (κ2) is 5.26. The van der Waals surface area contributed by atoms with Gasteiger partial charge in [-0.2, -0.15) is 15.5 Å². The number of H-pyrrole nitrogens is 1. The first kappa shape index (κ1) is 13.0. The van der Waals surface area contributed by atoms with Crippen LogP contribution >= 0.6 is 0 Å². The minimum atomic E-state index is 0.169. The maximum atomic E-state index is 9.06. The fraction of sp³-hybridized carbons (Fsp3) is 0.375. The number of aromatic amines is 1. The van der Waals surface area contributed by atoms with Crippen molar-refractivity contribution in [2.24, 2.45) is 5.92 Å². The molecule has 0 spiro atoms. The van der Waals surface area contributed by atoms with Crippen molar-refractivity contribution < 1.29 is 0 Å². The van der Waals surface area contributed by atoms with Gasteiger partial charge in [0.15, 0.2) is 5.65 Å². The van der Waals surface area contributed by atoms with Crippen molar-refractivity contribution in [2.75, 3.05) is 0 Å². The molecule has 0 radical (unpaired) electrons. The van der Waals surface area contributed by atoms with Crippen LogP contribution in [0, 0.1) is 17.2 Å². The van der Waals surface area contributed by atoms with E-state index in [1.165, 1.54) is 12.8 Å². The molecule has 1 fully saturated rings. The average Bonchev–Trinajstić information content (AvgIpc) is 3.05. The Morgan fingerprint density at radius 2 is 2.32 bits per heavy atom. The highest BCUT2D eigenvalue weighted by atomic mass is 15.3. The lowest BCUT2D eigenvalue weighted by atomic mass is 10.1. The van der Waals surface area contributed by atoms with E-state index in [1.807, 2.05) is 29.3 Å². The van der Waals surface area contributed by atoms with Crippen LogP contribution in [-0.4, -0.2) is 25.0 Å². The van der Waals surface area contributed by atoms with E-state index in [0.717, 1.165) is 34.5 Å². The Labute approximate surface area is 127 Å². The molecule has 0 aliphatic heterocycles. The predicted molar refractivity (Wildman–Crippen MR) is 81.7 cm³/mol.